The van der Waals surface area contributed by atoms with Gasteiger partial charge in [0.2, 0.25) is 11.8 Å². The second kappa shape index (κ2) is 8.96. The molecule has 4 rings (SSSR count). The fourth-order valence-electron chi connectivity index (χ4n) is 4.39. The molecule has 2 saturated heterocycles. The van der Waals surface area contributed by atoms with Crippen LogP contribution in [-0.4, -0.2) is 54.4 Å². The van der Waals surface area contributed by atoms with E-state index in [1.165, 1.54) is 0 Å². The number of amides is 2. The summed E-state index contributed by atoms with van der Waals surface area (Å²) in [5.74, 6) is -0.772. The first kappa shape index (κ1) is 23.5. The molecule has 2 heterocycles. The van der Waals surface area contributed by atoms with E-state index in [1.807, 2.05) is 31.2 Å². The van der Waals surface area contributed by atoms with Crippen LogP contribution in [0.1, 0.15) is 17.5 Å². The minimum Gasteiger partial charge on any atom is -0.362 e. The van der Waals surface area contributed by atoms with Gasteiger partial charge in [-0.2, -0.15) is 13.2 Å². The van der Waals surface area contributed by atoms with Crippen molar-refractivity contribution in [1.29, 1.82) is 0 Å². The molecule has 0 aromatic heterocycles. The fourth-order valence-corrected chi connectivity index (χ4v) is 4.39. The van der Waals surface area contributed by atoms with E-state index < -0.39 is 28.3 Å². The van der Waals surface area contributed by atoms with E-state index in [9.17, 15) is 32.9 Å². The molecule has 1 atom stereocenters. The van der Waals surface area contributed by atoms with E-state index in [1.54, 1.807) is 14.7 Å². The molecule has 2 amide bonds. The van der Waals surface area contributed by atoms with Gasteiger partial charge >= 0.3 is 6.18 Å². The third-order valence-electron chi connectivity index (χ3n) is 6.25. The van der Waals surface area contributed by atoms with Gasteiger partial charge in [0.15, 0.2) is 0 Å². The van der Waals surface area contributed by atoms with Crippen LogP contribution in [-0.2, 0) is 15.8 Å². The Morgan fingerprint density at radius 3 is 2.29 bits per heavy atom. The average Bonchev–Trinajstić information content (AvgIpc) is 3.19. The summed E-state index contributed by atoms with van der Waals surface area (Å²) in [7, 11) is 0. The molecule has 34 heavy (non-hydrogen) atoms. The van der Waals surface area contributed by atoms with Crippen LogP contribution >= 0.6 is 0 Å². The van der Waals surface area contributed by atoms with Crippen LogP contribution in [0.3, 0.4) is 0 Å². The van der Waals surface area contributed by atoms with Gasteiger partial charge in [-0.25, -0.2) is 0 Å². The summed E-state index contributed by atoms with van der Waals surface area (Å²) in [6.07, 6.45) is -4.57. The van der Waals surface area contributed by atoms with Gasteiger partial charge < -0.3 is 14.7 Å². The first-order valence-corrected chi connectivity index (χ1v) is 10.8. The molecular formula is C23H23F3N4O4. The molecule has 8 nitrogen and oxygen atoms in total. The van der Waals surface area contributed by atoms with Gasteiger partial charge in [-0.1, -0.05) is 17.7 Å². The maximum Gasteiger partial charge on any atom is 0.416 e. The predicted octanol–water partition coefficient (Wildman–Crippen LogP) is 3.62. The van der Waals surface area contributed by atoms with Crippen molar-refractivity contribution in [1.82, 2.24) is 4.90 Å². The van der Waals surface area contributed by atoms with Crippen LogP contribution in [0.25, 0.3) is 0 Å². The Bertz CT molecular complexity index is 1110. The Labute approximate surface area is 193 Å². The van der Waals surface area contributed by atoms with Gasteiger partial charge in [-0.3, -0.25) is 19.7 Å². The predicted molar refractivity (Wildman–Crippen MR) is 119 cm³/mol. The highest BCUT2D eigenvalue weighted by atomic mass is 19.4. The van der Waals surface area contributed by atoms with Crippen molar-refractivity contribution in [3.63, 3.8) is 0 Å². The lowest BCUT2D eigenvalue weighted by atomic mass is 10.1. The van der Waals surface area contributed by atoms with Gasteiger partial charge in [-0.05, 0) is 31.2 Å². The zero-order valence-corrected chi connectivity index (χ0v) is 18.4. The maximum atomic E-state index is 13.0. The second-order valence-corrected chi connectivity index (χ2v) is 8.51. The largest absolute Gasteiger partial charge is 0.416 e. The lowest BCUT2D eigenvalue weighted by Crippen LogP contribution is -2.50. The topological polar surface area (TPSA) is 87.0 Å². The van der Waals surface area contributed by atoms with Crippen LogP contribution < -0.4 is 9.80 Å². The molecule has 0 saturated carbocycles. The molecule has 11 heteroatoms. The minimum atomic E-state index is -4.68. The Morgan fingerprint density at radius 2 is 1.71 bits per heavy atom. The maximum absolute atomic E-state index is 13.0. The monoisotopic (exact) mass is 476 g/mol. The van der Waals surface area contributed by atoms with Gasteiger partial charge in [-0.15, -0.1) is 0 Å². The first-order valence-electron chi connectivity index (χ1n) is 10.8. The highest BCUT2D eigenvalue weighted by molar-refractivity contribution is 6.00. The fraction of sp³-hybridized carbons (Fsp3) is 0.391. The molecular weight excluding hydrogens is 453 g/mol. The van der Waals surface area contributed by atoms with Crippen molar-refractivity contribution >= 4 is 28.9 Å². The number of alkyl halides is 3. The summed E-state index contributed by atoms with van der Waals surface area (Å²) in [4.78, 5) is 40.9. The van der Waals surface area contributed by atoms with E-state index in [0.717, 1.165) is 23.4 Å². The number of carbonyl (C=O) groups excluding carboxylic acids is 2. The molecule has 0 aliphatic carbocycles. The van der Waals surface area contributed by atoms with E-state index in [0.29, 0.717) is 6.07 Å². The summed E-state index contributed by atoms with van der Waals surface area (Å²) in [6, 6.07) is 9.95. The summed E-state index contributed by atoms with van der Waals surface area (Å²) >= 11 is 0. The van der Waals surface area contributed by atoms with Crippen LogP contribution in [0.2, 0.25) is 0 Å². The van der Waals surface area contributed by atoms with Crippen molar-refractivity contribution in [3.8, 4) is 0 Å². The number of aryl methyl sites for hydroxylation is 1. The normalized spacial score (nSPS) is 19.0. The van der Waals surface area contributed by atoms with E-state index in [4.69, 9.17) is 0 Å². The van der Waals surface area contributed by atoms with Gasteiger partial charge in [0, 0.05) is 50.9 Å². The van der Waals surface area contributed by atoms with Crippen molar-refractivity contribution < 1.29 is 27.7 Å². The lowest BCUT2D eigenvalue weighted by Gasteiger charge is -2.36. The van der Waals surface area contributed by atoms with Crippen LogP contribution in [0.5, 0.6) is 0 Å². The van der Waals surface area contributed by atoms with Crippen molar-refractivity contribution in [2.75, 3.05) is 42.5 Å². The molecule has 2 aliphatic heterocycles. The van der Waals surface area contributed by atoms with Crippen LogP contribution in [0.4, 0.5) is 30.2 Å². The zero-order valence-electron chi connectivity index (χ0n) is 18.4. The first-order chi connectivity index (χ1) is 16.0. The number of hydrogen-bond acceptors (Lipinski definition) is 5. The minimum absolute atomic E-state index is 0.0895. The number of carbonyl (C=O) groups is 2. The molecule has 2 fully saturated rings. The Morgan fingerprint density at radius 1 is 1.06 bits per heavy atom. The number of piperazine rings is 1. The van der Waals surface area contributed by atoms with E-state index >= 15 is 0 Å². The number of anilines is 2. The number of halogens is 3. The smallest absolute Gasteiger partial charge is 0.362 e. The van der Waals surface area contributed by atoms with Gasteiger partial charge in [0.05, 0.1) is 16.4 Å². The number of nitrogens with zero attached hydrogens (tertiary/aromatic N) is 4. The third kappa shape index (κ3) is 4.68. The SMILES string of the molecule is Cc1ccc(N2CC(C(=O)N3CCN(c4ccc(C(F)(F)F)cc4[N+](=O)[O-])CC3)CC2=O)cc1. The number of nitro groups is 1. The zero-order chi connectivity index (χ0) is 24.6. The highest BCUT2D eigenvalue weighted by Crippen LogP contribution is 2.37. The molecule has 2 aliphatic rings. The standard InChI is InChI=1S/C23H23F3N4O4/c1-15-2-5-18(6-3-15)29-14-16(12-21(29)31)22(32)28-10-8-27(9-11-28)19-7-4-17(23(24,25)26)13-20(19)30(33)34/h2-7,13,16H,8-12,14H2,1H3. The third-order valence-corrected chi connectivity index (χ3v) is 6.25. The van der Waals surface area contributed by atoms with E-state index in [2.05, 4.69) is 0 Å². The number of hydrogen-bond donors (Lipinski definition) is 0. The molecule has 0 bridgehead atoms. The Hall–Kier alpha value is -3.63. The molecule has 2 aromatic carbocycles. The molecule has 2 aromatic rings. The van der Waals surface area contributed by atoms with Gasteiger partial charge in [0.1, 0.15) is 5.69 Å². The summed E-state index contributed by atoms with van der Waals surface area (Å²) < 4.78 is 38.9. The van der Waals surface area contributed by atoms with Crippen LogP contribution in [0, 0.1) is 23.0 Å². The molecule has 180 valence electrons. The summed E-state index contributed by atoms with van der Waals surface area (Å²) in [5.41, 5.74) is 0.191. The number of nitro benzene ring substituents is 1. The van der Waals surface area contributed by atoms with Crippen molar-refractivity contribution in [3.05, 3.63) is 63.7 Å². The van der Waals surface area contributed by atoms with Crippen molar-refractivity contribution in [2.24, 2.45) is 5.92 Å². The van der Waals surface area contributed by atoms with Crippen molar-refractivity contribution in [2.45, 2.75) is 19.5 Å². The summed E-state index contributed by atoms with van der Waals surface area (Å²) in [5, 5.41) is 11.4. The van der Waals surface area contributed by atoms with Crippen LogP contribution in [0.15, 0.2) is 42.5 Å². The highest BCUT2D eigenvalue weighted by Gasteiger charge is 2.39. The Balaban J connectivity index is 1.41. The van der Waals surface area contributed by atoms with Gasteiger partial charge in [0.25, 0.3) is 5.69 Å². The number of benzene rings is 2. The van der Waals surface area contributed by atoms with E-state index in [-0.39, 0.29) is 56.6 Å². The molecule has 0 spiro atoms. The average molecular weight is 476 g/mol. The molecule has 0 radical (unpaired) electrons. The number of rotatable bonds is 4. The lowest BCUT2D eigenvalue weighted by molar-refractivity contribution is -0.384. The summed E-state index contributed by atoms with van der Waals surface area (Å²) in [6.45, 7) is 3.21. The molecule has 0 N–H and O–H groups in total. The second-order valence-electron chi connectivity index (χ2n) is 8.51. The molecule has 1 unspecified atom stereocenters. The quantitative estimate of drug-likeness (QED) is 0.497. The Kier molecular flexibility index (Phi) is 6.20.